The molecule has 0 aliphatic heterocycles. The van der Waals surface area contributed by atoms with Crippen molar-refractivity contribution in [3.8, 4) is 0 Å². The molecule has 0 fully saturated rings. The van der Waals surface area contributed by atoms with Gasteiger partial charge in [0.15, 0.2) is 5.82 Å². The van der Waals surface area contributed by atoms with Crippen LogP contribution >= 0.6 is 23.4 Å². The molecule has 1 aromatic heterocycles. The second kappa shape index (κ2) is 8.75. The smallest absolute Gasteiger partial charge is 0.316 e. The maximum atomic E-state index is 11.8. The highest BCUT2D eigenvalue weighted by Gasteiger charge is 2.15. The van der Waals surface area contributed by atoms with Crippen LogP contribution in [0.2, 0.25) is 5.02 Å². The van der Waals surface area contributed by atoms with Gasteiger partial charge in [-0.2, -0.15) is 0 Å². The number of ether oxygens (including phenoxy) is 1. The van der Waals surface area contributed by atoms with E-state index < -0.39 is 12.1 Å². The summed E-state index contributed by atoms with van der Waals surface area (Å²) in [5.74, 6) is 0.475. The number of halogens is 1. The second-order valence-electron chi connectivity index (χ2n) is 5.02. The highest BCUT2D eigenvalue weighted by molar-refractivity contribution is 8.00. The Balaban J connectivity index is 1.71. The van der Waals surface area contributed by atoms with E-state index >= 15 is 0 Å². The van der Waals surface area contributed by atoms with Gasteiger partial charge in [0.05, 0.1) is 11.5 Å². The van der Waals surface area contributed by atoms with Crippen LogP contribution in [0.1, 0.15) is 24.4 Å². The zero-order chi connectivity index (χ0) is 17.5. The SMILES string of the molecule is Cc1cc(NC(=O)CSCC(=O)O[C@H](C)c2ccccc2Cl)no1. The zero-order valence-corrected chi connectivity index (χ0v) is 14.8. The number of rotatable bonds is 7. The number of hydrogen-bond acceptors (Lipinski definition) is 6. The number of aromatic nitrogens is 1. The van der Waals surface area contributed by atoms with E-state index in [-0.39, 0.29) is 17.4 Å². The number of anilines is 1. The lowest BCUT2D eigenvalue weighted by Gasteiger charge is -2.14. The number of esters is 1. The highest BCUT2D eigenvalue weighted by atomic mass is 35.5. The fourth-order valence-corrected chi connectivity index (χ4v) is 2.81. The summed E-state index contributed by atoms with van der Waals surface area (Å²) in [6.07, 6.45) is -0.446. The first-order valence-corrected chi connectivity index (χ1v) is 8.74. The first-order chi connectivity index (χ1) is 11.5. The topological polar surface area (TPSA) is 81.4 Å². The molecular weight excluding hydrogens is 352 g/mol. The molecule has 1 atom stereocenters. The maximum absolute atomic E-state index is 11.8. The number of carbonyl (C=O) groups excluding carboxylic acids is 2. The summed E-state index contributed by atoms with van der Waals surface area (Å²) < 4.78 is 10.2. The van der Waals surface area contributed by atoms with Crippen molar-refractivity contribution < 1.29 is 18.8 Å². The summed E-state index contributed by atoms with van der Waals surface area (Å²) in [6.45, 7) is 3.48. The Labute approximate surface area is 148 Å². The fourth-order valence-electron chi connectivity index (χ4n) is 1.93. The van der Waals surface area contributed by atoms with Crippen LogP contribution in [0, 0.1) is 6.92 Å². The van der Waals surface area contributed by atoms with Gasteiger partial charge in [-0.15, -0.1) is 11.8 Å². The molecule has 0 radical (unpaired) electrons. The quantitative estimate of drug-likeness (QED) is 0.752. The summed E-state index contributed by atoms with van der Waals surface area (Å²) >= 11 is 7.22. The van der Waals surface area contributed by atoms with Gasteiger partial charge in [0.2, 0.25) is 5.91 Å². The van der Waals surface area contributed by atoms with Crippen LogP contribution in [0.25, 0.3) is 0 Å². The lowest BCUT2D eigenvalue weighted by atomic mass is 10.1. The number of aryl methyl sites for hydroxylation is 1. The third-order valence-electron chi connectivity index (χ3n) is 3.00. The Bertz CT molecular complexity index is 720. The average molecular weight is 369 g/mol. The predicted octanol–water partition coefficient (Wildman–Crippen LogP) is 3.61. The van der Waals surface area contributed by atoms with E-state index in [2.05, 4.69) is 10.5 Å². The number of nitrogens with zero attached hydrogens (tertiary/aromatic N) is 1. The van der Waals surface area contributed by atoms with Crippen LogP contribution in [-0.4, -0.2) is 28.5 Å². The summed E-state index contributed by atoms with van der Waals surface area (Å²) in [4.78, 5) is 23.5. The maximum Gasteiger partial charge on any atom is 0.316 e. The van der Waals surface area contributed by atoms with E-state index in [1.165, 1.54) is 0 Å². The standard InChI is InChI=1S/C16H17ClN2O4S/c1-10-7-14(19-23-10)18-15(20)8-24-9-16(21)22-11(2)12-5-3-4-6-13(12)17/h3-7,11H,8-9H2,1-2H3,(H,18,19,20)/t11-/m1/s1. The van der Waals surface area contributed by atoms with Crippen molar-refractivity contribution in [2.45, 2.75) is 20.0 Å². The molecule has 0 saturated carbocycles. The van der Waals surface area contributed by atoms with Gasteiger partial charge in [0.1, 0.15) is 11.9 Å². The van der Waals surface area contributed by atoms with Crippen LogP contribution < -0.4 is 5.32 Å². The average Bonchev–Trinajstić information content (AvgIpc) is 2.92. The molecule has 0 aliphatic rings. The second-order valence-corrected chi connectivity index (χ2v) is 6.41. The number of carbonyl (C=O) groups is 2. The van der Waals surface area contributed by atoms with Gasteiger partial charge in [0, 0.05) is 16.7 Å². The molecule has 1 N–H and O–H groups in total. The molecule has 1 heterocycles. The van der Waals surface area contributed by atoms with E-state index in [0.29, 0.717) is 16.6 Å². The number of nitrogens with one attached hydrogen (secondary N) is 1. The van der Waals surface area contributed by atoms with Crippen LogP contribution in [0.5, 0.6) is 0 Å². The van der Waals surface area contributed by atoms with E-state index in [0.717, 1.165) is 17.3 Å². The van der Waals surface area contributed by atoms with Gasteiger partial charge in [-0.05, 0) is 19.9 Å². The molecule has 0 aliphatic carbocycles. The summed E-state index contributed by atoms with van der Waals surface area (Å²) in [7, 11) is 0. The molecule has 0 saturated heterocycles. The third-order valence-corrected chi connectivity index (χ3v) is 4.25. The molecule has 8 heteroatoms. The molecule has 1 amide bonds. The minimum absolute atomic E-state index is 0.0695. The predicted molar refractivity (Wildman–Crippen MR) is 93.2 cm³/mol. The molecular formula is C16H17ClN2O4S. The molecule has 2 aromatic rings. The van der Waals surface area contributed by atoms with Gasteiger partial charge in [-0.25, -0.2) is 0 Å². The lowest BCUT2D eigenvalue weighted by molar-refractivity contribution is -0.145. The Kier molecular flexibility index (Phi) is 6.69. The van der Waals surface area contributed by atoms with Crippen LogP contribution in [-0.2, 0) is 14.3 Å². The van der Waals surface area contributed by atoms with E-state index in [1.807, 2.05) is 12.1 Å². The van der Waals surface area contributed by atoms with Crippen LogP contribution in [0.15, 0.2) is 34.9 Å². The monoisotopic (exact) mass is 368 g/mol. The van der Waals surface area contributed by atoms with Crippen molar-refractivity contribution in [3.63, 3.8) is 0 Å². The Morgan fingerprint density at radius 1 is 1.38 bits per heavy atom. The normalized spacial score (nSPS) is 11.8. The fraction of sp³-hybridized carbons (Fsp3) is 0.312. The molecule has 1 aromatic carbocycles. The number of thioether (sulfide) groups is 1. The van der Waals surface area contributed by atoms with E-state index in [4.69, 9.17) is 20.9 Å². The molecule has 0 bridgehead atoms. The lowest BCUT2D eigenvalue weighted by Crippen LogP contribution is -2.17. The minimum atomic E-state index is -0.446. The van der Waals surface area contributed by atoms with Crippen molar-refractivity contribution in [3.05, 3.63) is 46.7 Å². The molecule has 128 valence electrons. The van der Waals surface area contributed by atoms with Crippen molar-refractivity contribution in [2.75, 3.05) is 16.8 Å². The molecule has 2 rings (SSSR count). The van der Waals surface area contributed by atoms with Crippen molar-refractivity contribution in [1.29, 1.82) is 0 Å². The van der Waals surface area contributed by atoms with Gasteiger partial charge >= 0.3 is 5.97 Å². The first kappa shape index (κ1) is 18.4. The minimum Gasteiger partial charge on any atom is -0.457 e. The summed E-state index contributed by atoms with van der Waals surface area (Å²) in [5.41, 5.74) is 0.747. The number of hydrogen-bond donors (Lipinski definition) is 1. The van der Waals surface area contributed by atoms with E-state index in [1.54, 1.807) is 32.0 Å². The first-order valence-electron chi connectivity index (χ1n) is 7.20. The highest BCUT2D eigenvalue weighted by Crippen LogP contribution is 2.25. The third kappa shape index (κ3) is 5.58. The van der Waals surface area contributed by atoms with Crippen LogP contribution in [0.4, 0.5) is 5.82 Å². The van der Waals surface area contributed by atoms with Gasteiger partial charge in [-0.1, -0.05) is 35.0 Å². The molecule has 24 heavy (non-hydrogen) atoms. The molecule has 6 nitrogen and oxygen atoms in total. The molecule has 0 spiro atoms. The van der Waals surface area contributed by atoms with Gasteiger partial charge in [0.25, 0.3) is 0 Å². The Morgan fingerprint density at radius 3 is 2.79 bits per heavy atom. The summed E-state index contributed by atoms with van der Waals surface area (Å²) in [5, 5.41) is 6.79. The van der Waals surface area contributed by atoms with Crippen molar-refractivity contribution in [1.82, 2.24) is 5.16 Å². The van der Waals surface area contributed by atoms with Gasteiger partial charge < -0.3 is 14.6 Å². The zero-order valence-electron chi connectivity index (χ0n) is 13.2. The number of benzene rings is 1. The molecule has 0 unspecified atom stereocenters. The van der Waals surface area contributed by atoms with Crippen molar-refractivity contribution >= 4 is 41.1 Å². The van der Waals surface area contributed by atoms with Crippen LogP contribution in [0.3, 0.4) is 0 Å². The Hall–Kier alpha value is -1.99. The Morgan fingerprint density at radius 2 is 2.12 bits per heavy atom. The largest absolute Gasteiger partial charge is 0.457 e. The van der Waals surface area contributed by atoms with Crippen molar-refractivity contribution in [2.24, 2.45) is 0 Å². The van der Waals surface area contributed by atoms with Gasteiger partial charge in [-0.3, -0.25) is 9.59 Å². The summed E-state index contributed by atoms with van der Waals surface area (Å²) in [6, 6.07) is 8.80. The number of amides is 1. The van der Waals surface area contributed by atoms with E-state index in [9.17, 15) is 9.59 Å².